The van der Waals surface area contributed by atoms with E-state index in [1.165, 1.54) is 0 Å². The summed E-state index contributed by atoms with van der Waals surface area (Å²) >= 11 is 0. The Morgan fingerprint density at radius 3 is 3.00 bits per heavy atom. The van der Waals surface area contributed by atoms with Gasteiger partial charge in [-0.25, -0.2) is 4.98 Å². The molecule has 0 spiro atoms. The highest BCUT2D eigenvalue weighted by atomic mass is 16.3. The number of hydrogen-bond donors (Lipinski definition) is 1. The van der Waals surface area contributed by atoms with Gasteiger partial charge in [-0.3, -0.25) is 0 Å². The van der Waals surface area contributed by atoms with Crippen LogP contribution in [-0.2, 0) is 6.54 Å². The molecule has 6 nitrogen and oxygen atoms in total. The van der Waals surface area contributed by atoms with Crippen LogP contribution in [0, 0.1) is 0 Å². The fourth-order valence-electron chi connectivity index (χ4n) is 1.50. The first kappa shape index (κ1) is 9.51. The number of nitrogens with zero attached hydrogens (tertiary/aromatic N) is 5. The first-order chi connectivity index (χ1) is 7.36. The minimum absolute atomic E-state index is 0.0195. The number of para-hydroxylation sites is 2. The summed E-state index contributed by atoms with van der Waals surface area (Å²) in [5, 5.41) is 12.4. The topological polar surface area (TPSA) is 86.8 Å². The predicted octanol–water partition coefficient (Wildman–Crippen LogP) is 1.97. The molecular formula is C9H9N5O. The van der Waals surface area contributed by atoms with Crippen LogP contribution < -0.4 is 0 Å². The molecule has 0 bridgehead atoms. The summed E-state index contributed by atoms with van der Waals surface area (Å²) in [6.07, 6.45) is 0. The second-order valence-electron chi connectivity index (χ2n) is 2.97. The normalized spacial score (nSPS) is 10.2. The van der Waals surface area contributed by atoms with Crippen molar-refractivity contribution in [3.8, 4) is 0 Å². The Morgan fingerprint density at radius 1 is 1.47 bits per heavy atom. The van der Waals surface area contributed by atoms with Gasteiger partial charge in [-0.05, 0) is 22.8 Å². The highest BCUT2D eigenvalue weighted by Crippen LogP contribution is 2.21. The average molecular weight is 203 g/mol. The van der Waals surface area contributed by atoms with Crippen molar-refractivity contribution < 1.29 is 5.11 Å². The standard InChI is InChI=1S/C9H9N5O/c10-13-12-9-11-7-3-1-2-4-8(7)14(9)5-6-15/h1-4,15H,5-6H2. The predicted molar refractivity (Wildman–Crippen MR) is 55.6 cm³/mol. The highest BCUT2D eigenvalue weighted by Gasteiger charge is 2.07. The van der Waals surface area contributed by atoms with Gasteiger partial charge in [-0.1, -0.05) is 12.1 Å². The number of benzene rings is 1. The van der Waals surface area contributed by atoms with Crippen LogP contribution in [0.5, 0.6) is 0 Å². The number of azide groups is 1. The lowest BCUT2D eigenvalue weighted by Crippen LogP contribution is -2.00. The summed E-state index contributed by atoms with van der Waals surface area (Å²) in [5.74, 6) is 0.285. The van der Waals surface area contributed by atoms with Gasteiger partial charge in [-0.15, -0.1) is 0 Å². The van der Waals surface area contributed by atoms with Gasteiger partial charge < -0.3 is 9.67 Å². The van der Waals surface area contributed by atoms with Crippen LogP contribution in [0.15, 0.2) is 29.4 Å². The van der Waals surface area contributed by atoms with E-state index >= 15 is 0 Å². The summed E-state index contributed by atoms with van der Waals surface area (Å²) in [4.78, 5) is 6.86. The third kappa shape index (κ3) is 1.63. The lowest BCUT2D eigenvalue weighted by Gasteiger charge is -2.02. The Bertz CT molecular complexity index is 526. The van der Waals surface area contributed by atoms with Crippen LogP contribution in [0.3, 0.4) is 0 Å². The van der Waals surface area contributed by atoms with Crippen molar-refractivity contribution in [2.45, 2.75) is 6.54 Å². The minimum atomic E-state index is -0.0195. The Balaban J connectivity index is 2.68. The molecular weight excluding hydrogens is 194 g/mol. The second kappa shape index (κ2) is 4.00. The summed E-state index contributed by atoms with van der Waals surface area (Å²) in [5.41, 5.74) is 9.99. The summed E-state index contributed by atoms with van der Waals surface area (Å²) < 4.78 is 1.69. The van der Waals surface area contributed by atoms with E-state index in [0.29, 0.717) is 6.54 Å². The molecule has 15 heavy (non-hydrogen) atoms. The Kier molecular flexibility index (Phi) is 2.53. The van der Waals surface area contributed by atoms with E-state index in [2.05, 4.69) is 15.0 Å². The molecule has 76 valence electrons. The van der Waals surface area contributed by atoms with E-state index in [1.54, 1.807) is 4.57 Å². The molecule has 1 aromatic heterocycles. The summed E-state index contributed by atoms with van der Waals surface area (Å²) in [6, 6.07) is 7.43. The van der Waals surface area contributed by atoms with Gasteiger partial charge >= 0.3 is 0 Å². The molecule has 0 fully saturated rings. The molecule has 0 aliphatic rings. The average Bonchev–Trinajstić information content (AvgIpc) is 2.59. The summed E-state index contributed by atoms with van der Waals surface area (Å²) in [6.45, 7) is 0.350. The van der Waals surface area contributed by atoms with Crippen LogP contribution in [0.2, 0.25) is 0 Å². The van der Waals surface area contributed by atoms with E-state index in [4.69, 9.17) is 10.6 Å². The monoisotopic (exact) mass is 203 g/mol. The number of imidazole rings is 1. The molecule has 6 heteroatoms. The van der Waals surface area contributed by atoms with Crippen LogP contribution >= 0.6 is 0 Å². The zero-order chi connectivity index (χ0) is 10.7. The molecule has 0 amide bonds. The zero-order valence-corrected chi connectivity index (χ0v) is 7.91. The Morgan fingerprint density at radius 2 is 2.27 bits per heavy atom. The van der Waals surface area contributed by atoms with Crippen LogP contribution in [0.25, 0.3) is 21.5 Å². The fourth-order valence-corrected chi connectivity index (χ4v) is 1.50. The van der Waals surface area contributed by atoms with Gasteiger partial charge in [0.05, 0.1) is 17.6 Å². The number of aliphatic hydroxyl groups excluding tert-OH is 1. The van der Waals surface area contributed by atoms with Crippen molar-refractivity contribution in [1.29, 1.82) is 0 Å². The van der Waals surface area contributed by atoms with Gasteiger partial charge in [0.1, 0.15) is 0 Å². The third-order valence-electron chi connectivity index (χ3n) is 2.09. The molecule has 0 saturated heterocycles. The van der Waals surface area contributed by atoms with Crippen LogP contribution in [0.4, 0.5) is 5.95 Å². The van der Waals surface area contributed by atoms with Crippen LogP contribution in [0.1, 0.15) is 0 Å². The van der Waals surface area contributed by atoms with E-state index in [9.17, 15) is 0 Å². The quantitative estimate of drug-likeness (QED) is 0.469. The molecule has 1 aromatic carbocycles. The molecule has 0 aliphatic heterocycles. The molecule has 0 saturated carbocycles. The van der Waals surface area contributed by atoms with Crippen molar-refractivity contribution in [2.75, 3.05) is 6.61 Å². The minimum Gasteiger partial charge on any atom is -0.395 e. The van der Waals surface area contributed by atoms with Crippen molar-refractivity contribution >= 4 is 17.0 Å². The highest BCUT2D eigenvalue weighted by molar-refractivity contribution is 5.77. The maximum absolute atomic E-state index is 8.91. The molecule has 2 aromatic rings. The SMILES string of the molecule is [N-]=[N+]=Nc1nc2ccccc2n1CCO. The summed E-state index contributed by atoms with van der Waals surface area (Å²) in [7, 11) is 0. The van der Waals surface area contributed by atoms with E-state index in [-0.39, 0.29) is 12.6 Å². The van der Waals surface area contributed by atoms with Crippen LogP contribution in [-0.4, -0.2) is 21.3 Å². The first-order valence-electron chi connectivity index (χ1n) is 4.48. The third-order valence-corrected chi connectivity index (χ3v) is 2.09. The zero-order valence-electron chi connectivity index (χ0n) is 7.91. The molecule has 1 heterocycles. The number of aromatic nitrogens is 2. The maximum atomic E-state index is 8.91. The van der Waals surface area contributed by atoms with Gasteiger partial charge in [0, 0.05) is 11.5 Å². The van der Waals surface area contributed by atoms with Gasteiger partial charge in [-0.2, -0.15) is 0 Å². The number of aliphatic hydroxyl groups is 1. The Hall–Kier alpha value is -2.04. The molecule has 2 rings (SSSR count). The van der Waals surface area contributed by atoms with Gasteiger partial charge in [0.15, 0.2) is 5.95 Å². The molecule has 0 aliphatic carbocycles. The molecule has 1 N–H and O–H groups in total. The van der Waals surface area contributed by atoms with E-state index < -0.39 is 0 Å². The fraction of sp³-hybridized carbons (Fsp3) is 0.222. The lowest BCUT2D eigenvalue weighted by atomic mass is 10.3. The van der Waals surface area contributed by atoms with Crippen molar-refractivity contribution in [3.05, 3.63) is 34.7 Å². The lowest BCUT2D eigenvalue weighted by molar-refractivity contribution is 0.278. The number of fused-ring (bicyclic) bond motifs is 1. The smallest absolute Gasteiger partial charge is 0.198 e. The number of rotatable bonds is 3. The number of hydrogen-bond acceptors (Lipinski definition) is 3. The van der Waals surface area contributed by atoms with Gasteiger partial charge in [0.25, 0.3) is 0 Å². The van der Waals surface area contributed by atoms with Crippen molar-refractivity contribution in [2.24, 2.45) is 5.11 Å². The molecule has 0 atom stereocenters. The van der Waals surface area contributed by atoms with E-state index in [1.807, 2.05) is 24.3 Å². The van der Waals surface area contributed by atoms with Gasteiger partial charge in [0.2, 0.25) is 0 Å². The Labute approximate surface area is 85.4 Å². The first-order valence-corrected chi connectivity index (χ1v) is 4.48. The van der Waals surface area contributed by atoms with E-state index in [0.717, 1.165) is 11.0 Å². The second-order valence-corrected chi connectivity index (χ2v) is 2.97. The maximum Gasteiger partial charge on any atom is 0.198 e. The molecule has 0 unspecified atom stereocenters. The molecule has 0 radical (unpaired) electrons. The largest absolute Gasteiger partial charge is 0.395 e. The van der Waals surface area contributed by atoms with Crippen molar-refractivity contribution in [1.82, 2.24) is 9.55 Å². The van der Waals surface area contributed by atoms with Crippen molar-refractivity contribution in [3.63, 3.8) is 0 Å².